The Hall–Kier alpha value is -0.810. The van der Waals surface area contributed by atoms with Crippen LogP contribution in [0.25, 0.3) is 0 Å². The summed E-state index contributed by atoms with van der Waals surface area (Å²) in [6.45, 7) is 5.89. The molecule has 2 fully saturated rings. The quantitative estimate of drug-likeness (QED) is 0.792. The standard InChI is InChI=1S/C13H25N3O2/c17-13(18)16-9-4-5-12(11-16)14-6-10-15-7-2-1-3-8-15/h12,14H,1-11H2,(H,17,18). The zero-order chi connectivity index (χ0) is 12.8. The van der Waals surface area contributed by atoms with Gasteiger partial charge in [0.05, 0.1) is 0 Å². The minimum Gasteiger partial charge on any atom is -0.465 e. The maximum Gasteiger partial charge on any atom is 0.407 e. The monoisotopic (exact) mass is 255 g/mol. The molecule has 0 spiro atoms. The smallest absolute Gasteiger partial charge is 0.407 e. The Bertz CT molecular complexity index is 267. The van der Waals surface area contributed by atoms with Crippen LogP contribution in [0, 0.1) is 0 Å². The van der Waals surface area contributed by atoms with Crippen molar-refractivity contribution < 1.29 is 9.90 Å². The minimum absolute atomic E-state index is 0.347. The number of nitrogens with one attached hydrogen (secondary N) is 1. The van der Waals surface area contributed by atoms with Crippen LogP contribution in [0.4, 0.5) is 4.79 Å². The summed E-state index contributed by atoms with van der Waals surface area (Å²) in [7, 11) is 0. The van der Waals surface area contributed by atoms with Crippen LogP contribution in [-0.2, 0) is 0 Å². The molecule has 0 aromatic carbocycles. The Kier molecular flexibility index (Phi) is 5.26. The van der Waals surface area contributed by atoms with E-state index in [1.807, 2.05) is 0 Å². The average molecular weight is 255 g/mol. The van der Waals surface area contributed by atoms with Gasteiger partial charge in [0.1, 0.15) is 0 Å². The molecule has 2 aliphatic heterocycles. The number of carbonyl (C=O) groups is 1. The maximum absolute atomic E-state index is 10.9. The lowest BCUT2D eigenvalue weighted by Crippen LogP contribution is -2.49. The summed E-state index contributed by atoms with van der Waals surface area (Å²) in [5.74, 6) is 0. The van der Waals surface area contributed by atoms with E-state index in [1.54, 1.807) is 0 Å². The van der Waals surface area contributed by atoms with Gasteiger partial charge in [-0.15, -0.1) is 0 Å². The van der Waals surface area contributed by atoms with Crippen molar-refractivity contribution in [3.63, 3.8) is 0 Å². The van der Waals surface area contributed by atoms with Crippen molar-refractivity contribution in [2.45, 2.75) is 38.1 Å². The first kappa shape index (κ1) is 13.6. The van der Waals surface area contributed by atoms with Crippen LogP contribution in [0.1, 0.15) is 32.1 Å². The van der Waals surface area contributed by atoms with E-state index in [0.717, 1.165) is 25.9 Å². The largest absolute Gasteiger partial charge is 0.465 e. The Balaban J connectivity index is 1.62. The number of piperidine rings is 2. The molecular weight excluding hydrogens is 230 g/mol. The molecule has 0 aromatic heterocycles. The topological polar surface area (TPSA) is 55.8 Å². The summed E-state index contributed by atoms with van der Waals surface area (Å²) in [6.07, 6.45) is 5.34. The molecule has 0 saturated carbocycles. The van der Waals surface area contributed by atoms with Crippen LogP contribution >= 0.6 is 0 Å². The fraction of sp³-hybridized carbons (Fsp3) is 0.923. The Morgan fingerprint density at radius 2 is 1.94 bits per heavy atom. The molecule has 0 radical (unpaired) electrons. The molecule has 2 saturated heterocycles. The van der Waals surface area contributed by atoms with E-state index in [0.29, 0.717) is 19.1 Å². The second kappa shape index (κ2) is 6.95. The Labute approximate surface area is 109 Å². The molecule has 5 heteroatoms. The molecule has 1 amide bonds. The van der Waals surface area contributed by atoms with E-state index in [4.69, 9.17) is 5.11 Å². The molecule has 1 atom stereocenters. The molecule has 2 rings (SSSR count). The van der Waals surface area contributed by atoms with Crippen molar-refractivity contribution in [2.24, 2.45) is 0 Å². The maximum atomic E-state index is 10.9. The molecule has 0 bridgehead atoms. The van der Waals surface area contributed by atoms with E-state index in [1.165, 1.54) is 37.3 Å². The Morgan fingerprint density at radius 3 is 2.67 bits per heavy atom. The van der Waals surface area contributed by atoms with Gasteiger partial charge in [0.25, 0.3) is 0 Å². The third-order valence-electron chi connectivity index (χ3n) is 4.00. The number of rotatable bonds is 4. The molecule has 5 nitrogen and oxygen atoms in total. The third-order valence-corrected chi connectivity index (χ3v) is 4.00. The predicted octanol–water partition coefficient (Wildman–Crippen LogP) is 1.20. The highest BCUT2D eigenvalue weighted by Crippen LogP contribution is 2.10. The number of hydrogen-bond donors (Lipinski definition) is 2. The van der Waals surface area contributed by atoms with Gasteiger partial charge < -0.3 is 20.2 Å². The summed E-state index contributed by atoms with van der Waals surface area (Å²) in [5, 5.41) is 12.5. The van der Waals surface area contributed by atoms with E-state index < -0.39 is 6.09 Å². The second-order valence-corrected chi connectivity index (χ2v) is 5.42. The molecule has 2 heterocycles. The number of amides is 1. The van der Waals surface area contributed by atoms with Crippen molar-refractivity contribution in [2.75, 3.05) is 39.3 Å². The lowest BCUT2D eigenvalue weighted by molar-refractivity contribution is 0.125. The summed E-state index contributed by atoms with van der Waals surface area (Å²) in [5.41, 5.74) is 0. The number of likely N-dealkylation sites (tertiary alicyclic amines) is 2. The first-order chi connectivity index (χ1) is 8.75. The molecule has 0 aliphatic carbocycles. The van der Waals surface area contributed by atoms with Crippen molar-refractivity contribution in [3.8, 4) is 0 Å². The van der Waals surface area contributed by atoms with Crippen LogP contribution in [0.15, 0.2) is 0 Å². The molecule has 104 valence electrons. The highest BCUT2D eigenvalue weighted by molar-refractivity contribution is 5.65. The number of nitrogens with zero attached hydrogens (tertiary/aromatic N) is 2. The lowest BCUT2D eigenvalue weighted by Gasteiger charge is -2.32. The fourth-order valence-corrected chi connectivity index (χ4v) is 2.93. The third kappa shape index (κ3) is 4.14. The van der Waals surface area contributed by atoms with Gasteiger partial charge in [-0.05, 0) is 38.8 Å². The molecule has 18 heavy (non-hydrogen) atoms. The van der Waals surface area contributed by atoms with Crippen LogP contribution in [-0.4, -0.2) is 66.3 Å². The summed E-state index contributed by atoms with van der Waals surface area (Å²) < 4.78 is 0. The van der Waals surface area contributed by atoms with Crippen LogP contribution in [0.5, 0.6) is 0 Å². The van der Waals surface area contributed by atoms with Gasteiger partial charge in [-0.2, -0.15) is 0 Å². The van der Waals surface area contributed by atoms with Gasteiger partial charge in [0.2, 0.25) is 0 Å². The van der Waals surface area contributed by atoms with Crippen molar-refractivity contribution in [1.29, 1.82) is 0 Å². The SMILES string of the molecule is O=C(O)N1CCCC(NCCN2CCCCC2)C1. The number of carboxylic acid groups (broad SMARTS) is 1. The van der Waals surface area contributed by atoms with E-state index >= 15 is 0 Å². The zero-order valence-corrected chi connectivity index (χ0v) is 11.1. The highest BCUT2D eigenvalue weighted by atomic mass is 16.4. The summed E-state index contributed by atoms with van der Waals surface area (Å²) >= 11 is 0. The summed E-state index contributed by atoms with van der Waals surface area (Å²) in [6, 6.07) is 0.347. The molecular formula is C13H25N3O2. The van der Waals surface area contributed by atoms with Gasteiger partial charge in [-0.1, -0.05) is 6.42 Å². The highest BCUT2D eigenvalue weighted by Gasteiger charge is 2.22. The van der Waals surface area contributed by atoms with E-state index in [9.17, 15) is 4.79 Å². The van der Waals surface area contributed by atoms with E-state index in [2.05, 4.69) is 10.2 Å². The predicted molar refractivity (Wildman–Crippen MR) is 70.9 cm³/mol. The van der Waals surface area contributed by atoms with Gasteiger partial charge in [0.15, 0.2) is 0 Å². The van der Waals surface area contributed by atoms with Crippen LogP contribution in [0.2, 0.25) is 0 Å². The second-order valence-electron chi connectivity index (χ2n) is 5.42. The molecule has 2 aliphatic rings. The van der Waals surface area contributed by atoms with Crippen molar-refractivity contribution in [1.82, 2.24) is 15.1 Å². The minimum atomic E-state index is -0.780. The summed E-state index contributed by atoms with van der Waals surface area (Å²) in [4.78, 5) is 14.9. The van der Waals surface area contributed by atoms with Crippen molar-refractivity contribution in [3.05, 3.63) is 0 Å². The van der Waals surface area contributed by atoms with Crippen LogP contribution < -0.4 is 5.32 Å². The molecule has 0 aromatic rings. The van der Waals surface area contributed by atoms with E-state index in [-0.39, 0.29) is 0 Å². The fourth-order valence-electron chi connectivity index (χ4n) is 2.93. The van der Waals surface area contributed by atoms with Crippen molar-refractivity contribution >= 4 is 6.09 Å². The van der Waals surface area contributed by atoms with Gasteiger partial charge >= 0.3 is 6.09 Å². The normalized spacial score (nSPS) is 26.2. The Morgan fingerprint density at radius 1 is 1.17 bits per heavy atom. The average Bonchev–Trinajstić information content (AvgIpc) is 2.40. The molecule has 1 unspecified atom stereocenters. The molecule has 2 N–H and O–H groups in total. The first-order valence-corrected chi connectivity index (χ1v) is 7.19. The number of hydrogen-bond acceptors (Lipinski definition) is 3. The van der Waals surface area contributed by atoms with Gasteiger partial charge in [-0.3, -0.25) is 0 Å². The van der Waals surface area contributed by atoms with Crippen LogP contribution in [0.3, 0.4) is 0 Å². The zero-order valence-electron chi connectivity index (χ0n) is 11.1. The lowest BCUT2D eigenvalue weighted by atomic mass is 10.1. The van der Waals surface area contributed by atoms with Gasteiger partial charge in [-0.25, -0.2) is 4.79 Å². The van der Waals surface area contributed by atoms with Gasteiger partial charge in [0, 0.05) is 32.2 Å². The first-order valence-electron chi connectivity index (χ1n) is 7.19.